The van der Waals surface area contributed by atoms with E-state index in [2.05, 4.69) is 31.0 Å². The fourth-order valence-electron chi connectivity index (χ4n) is 4.05. The number of urea groups is 1. The first-order valence-electron chi connectivity index (χ1n) is 10.8. The lowest BCUT2D eigenvalue weighted by molar-refractivity contribution is -0.152. The minimum Gasteiger partial charge on any atom is -0.367 e. The number of hydrogen-bond acceptors (Lipinski definition) is 3. The maximum atomic E-state index is 13.5. The van der Waals surface area contributed by atoms with E-state index in [9.17, 15) is 14.4 Å². The van der Waals surface area contributed by atoms with E-state index < -0.39 is 6.04 Å². The second-order valence-corrected chi connectivity index (χ2v) is 8.13. The molecule has 0 radical (unpaired) electrons. The van der Waals surface area contributed by atoms with Crippen molar-refractivity contribution in [2.45, 2.75) is 58.4 Å². The number of carbonyl (C=O) groups excluding carboxylic acids is 3. The van der Waals surface area contributed by atoms with Crippen LogP contribution < -0.4 is 0 Å². The molecule has 1 N–H and O–H groups in total. The highest BCUT2D eigenvalue weighted by Gasteiger charge is 2.43. The zero-order valence-electron chi connectivity index (χ0n) is 18.2. The molecule has 0 bridgehead atoms. The van der Waals surface area contributed by atoms with Gasteiger partial charge in [-0.3, -0.25) is 19.4 Å². The van der Waals surface area contributed by atoms with Gasteiger partial charge in [-0.15, -0.1) is 0 Å². The lowest BCUT2D eigenvalue weighted by Gasteiger charge is -2.39. The molecule has 7 heteroatoms. The molecule has 1 atom stereocenters. The van der Waals surface area contributed by atoms with Crippen LogP contribution in [0.25, 0.3) is 0 Å². The Morgan fingerprint density at radius 3 is 2.70 bits per heavy atom. The van der Waals surface area contributed by atoms with Crippen molar-refractivity contribution < 1.29 is 14.4 Å². The van der Waals surface area contributed by atoms with Crippen LogP contribution in [0.15, 0.2) is 41.9 Å². The molecule has 0 aromatic carbocycles. The molecule has 30 heavy (non-hydrogen) atoms. The highest BCUT2D eigenvalue weighted by atomic mass is 16.2. The van der Waals surface area contributed by atoms with Crippen molar-refractivity contribution in [2.75, 3.05) is 20.1 Å². The van der Waals surface area contributed by atoms with Gasteiger partial charge in [0.15, 0.2) is 0 Å². The summed E-state index contributed by atoms with van der Waals surface area (Å²) in [5.41, 5.74) is 2.82. The molecule has 2 aliphatic rings. The molecule has 2 heterocycles. The third-order valence-corrected chi connectivity index (χ3v) is 5.84. The molecule has 1 aromatic heterocycles. The van der Waals surface area contributed by atoms with Crippen molar-refractivity contribution in [3.63, 3.8) is 0 Å². The topological polar surface area (TPSA) is 76.7 Å². The molecular formula is C23H32N4O3. The number of carbonyl (C=O) groups is 3. The second kappa shape index (κ2) is 9.78. The first-order chi connectivity index (χ1) is 14.4. The van der Waals surface area contributed by atoms with Gasteiger partial charge in [-0.05, 0) is 25.8 Å². The Morgan fingerprint density at radius 1 is 1.23 bits per heavy atom. The molecule has 7 nitrogen and oxygen atoms in total. The number of rotatable bonds is 7. The number of unbranched alkanes of at least 4 members (excludes halogenated alkanes) is 3. The van der Waals surface area contributed by atoms with Crippen LogP contribution in [0.1, 0.15) is 64.0 Å². The van der Waals surface area contributed by atoms with Crippen molar-refractivity contribution in [1.29, 1.82) is 0 Å². The first kappa shape index (κ1) is 21.9. The number of nitrogens with zero attached hydrogens (tertiary/aromatic N) is 3. The number of imide groups is 1. The fourth-order valence-corrected chi connectivity index (χ4v) is 4.05. The van der Waals surface area contributed by atoms with Gasteiger partial charge in [0.05, 0.1) is 0 Å². The van der Waals surface area contributed by atoms with Crippen molar-refractivity contribution in [1.82, 2.24) is 19.7 Å². The molecule has 1 saturated heterocycles. The molecule has 1 fully saturated rings. The van der Waals surface area contributed by atoms with Crippen LogP contribution in [0, 0.1) is 0 Å². The largest absolute Gasteiger partial charge is 0.367 e. The lowest BCUT2D eigenvalue weighted by atomic mass is 10.0. The van der Waals surface area contributed by atoms with Gasteiger partial charge in [-0.25, -0.2) is 4.79 Å². The number of allylic oxidation sites excluding steroid dienone is 3. The van der Waals surface area contributed by atoms with E-state index in [-0.39, 0.29) is 24.4 Å². The number of likely N-dealkylation sites (N-methyl/N-ethyl adjacent to an activating group) is 1. The summed E-state index contributed by atoms with van der Waals surface area (Å²) in [6.07, 6.45) is 13.2. The molecule has 1 aliphatic heterocycles. The number of amides is 4. The Bertz CT molecular complexity index is 841. The zero-order chi connectivity index (χ0) is 21.7. The minimum atomic E-state index is -0.787. The predicted octanol–water partition coefficient (Wildman–Crippen LogP) is 3.98. The maximum Gasteiger partial charge on any atom is 0.331 e. The van der Waals surface area contributed by atoms with E-state index in [0.29, 0.717) is 18.5 Å². The summed E-state index contributed by atoms with van der Waals surface area (Å²) in [7, 11) is 1.61. The van der Waals surface area contributed by atoms with E-state index in [1.54, 1.807) is 30.4 Å². The van der Waals surface area contributed by atoms with Gasteiger partial charge in [-0.2, -0.15) is 0 Å². The van der Waals surface area contributed by atoms with Gasteiger partial charge in [0.25, 0.3) is 5.91 Å². The van der Waals surface area contributed by atoms with Gasteiger partial charge >= 0.3 is 6.03 Å². The maximum absolute atomic E-state index is 13.5. The first-order valence-corrected chi connectivity index (χ1v) is 10.8. The van der Waals surface area contributed by atoms with Crippen molar-refractivity contribution >= 4 is 17.8 Å². The van der Waals surface area contributed by atoms with E-state index in [0.717, 1.165) is 42.7 Å². The average Bonchev–Trinajstić information content (AvgIpc) is 3.25. The smallest absolute Gasteiger partial charge is 0.331 e. The van der Waals surface area contributed by atoms with E-state index in [1.165, 1.54) is 10.5 Å². The number of nitrogens with one attached hydrogen (secondary N) is 1. The van der Waals surface area contributed by atoms with Crippen molar-refractivity contribution in [2.24, 2.45) is 0 Å². The highest BCUT2D eigenvalue weighted by molar-refractivity contribution is 6.05. The zero-order valence-corrected chi connectivity index (χ0v) is 18.2. The summed E-state index contributed by atoms with van der Waals surface area (Å²) in [5, 5.41) is 0. The van der Waals surface area contributed by atoms with Crippen LogP contribution in [0.3, 0.4) is 0 Å². The van der Waals surface area contributed by atoms with Gasteiger partial charge in [0, 0.05) is 43.7 Å². The summed E-state index contributed by atoms with van der Waals surface area (Å²) in [6.45, 7) is 4.54. The van der Waals surface area contributed by atoms with E-state index in [4.69, 9.17) is 0 Å². The molecule has 1 aliphatic carbocycles. The second-order valence-electron chi connectivity index (χ2n) is 8.13. The van der Waals surface area contributed by atoms with E-state index >= 15 is 0 Å². The molecule has 3 rings (SSSR count). The number of aromatic amines is 1. The standard InChI is InChI=1S/C23H32N4O3/c1-4-5-6-7-13-26(19-10-8-9-17(2)14-19)23(30)27-16-20(28)25(3)21(22(27)29)18-11-12-24-15-18/h9-12,15,21,24H,4-8,13-14,16H2,1-3H3. The van der Waals surface area contributed by atoms with E-state index in [1.807, 2.05) is 0 Å². The third-order valence-electron chi connectivity index (χ3n) is 5.84. The Balaban J connectivity index is 1.84. The van der Waals surface area contributed by atoms with Crippen molar-refractivity contribution in [3.8, 4) is 0 Å². The average molecular weight is 413 g/mol. The SMILES string of the molecule is CCCCCCN(C(=O)N1CC(=O)N(C)C(c2cc[nH]c2)C1=O)C1=CCC=C(C)C1. The summed E-state index contributed by atoms with van der Waals surface area (Å²) in [4.78, 5) is 46.7. The van der Waals surface area contributed by atoms with Crippen LogP contribution in [-0.2, 0) is 9.59 Å². The predicted molar refractivity (Wildman–Crippen MR) is 115 cm³/mol. The van der Waals surface area contributed by atoms with Crippen molar-refractivity contribution in [3.05, 3.63) is 47.4 Å². The third kappa shape index (κ3) is 4.66. The molecule has 0 spiro atoms. The van der Waals surface area contributed by atoms with Crippen LogP contribution in [0.2, 0.25) is 0 Å². The quantitative estimate of drug-likeness (QED) is 0.544. The van der Waals surface area contributed by atoms with Gasteiger partial charge in [0.2, 0.25) is 5.91 Å². The normalized spacial score (nSPS) is 19.6. The molecule has 162 valence electrons. The molecule has 1 aromatic rings. The summed E-state index contributed by atoms with van der Waals surface area (Å²) in [5.74, 6) is -0.599. The Labute approximate surface area is 178 Å². The molecular weight excluding hydrogens is 380 g/mol. The number of H-pyrrole nitrogens is 1. The van der Waals surface area contributed by atoms with Crippen LogP contribution in [0.4, 0.5) is 4.79 Å². The molecule has 4 amide bonds. The molecule has 0 saturated carbocycles. The number of hydrogen-bond donors (Lipinski definition) is 1. The molecule has 1 unspecified atom stereocenters. The van der Waals surface area contributed by atoms with Crippen LogP contribution >= 0.6 is 0 Å². The monoisotopic (exact) mass is 412 g/mol. The number of aromatic nitrogens is 1. The van der Waals surface area contributed by atoms with Gasteiger partial charge < -0.3 is 9.88 Å². The Kier molecular flexibility index (Phi) is 7.13. The summed E-state index contributed by atoms with van der Waals surface area (Å²) in [6, 6.07) is 0.588. The minimum absolute atomic E-state index is 0.220. The van der Waals surface area contributed by atoms with Crippen LogP contribution in [0.5, 0.6) is 0 Å². The Morgan fingerprint density at radius 2 is 2.03 bits per heavy atom. The Hall–Kier alpha value is -2.83. The lowest BCUT2D eigenvalue weighted by Crippen LogP contribution is -2.58. The summed E-state index contributed by atoms with van der Waals surface area (Å²) < 4.78 is 0. The highest BCUT2D eigenvalue weighted by Crippen LogP contribution is 2.29. The fraction of sp³-hybridized carbons (Fsp3) is 0.522. The van der Waals surface area contributed by atoms with Gasteiger partial charge in [-0.1, -0.05) is 43.9 Å². The number of piperazine rings is 1. The van der Waals surface area contributed by atoms with Gasteiger partial charge in [0.1, 0.15) is 12.6 Å². The summed E-state index contributed by atoms with van der Waals surface area (Å²) >= 11 is 0. The van der Waals surface area contributed by atoms with Crippen LogP contribution in [-0.4, -0.2) is 57.7 Å².